The van der Waals surface area contributed by atoms with Crippen molar-refractivity contribution in [3.63, 3.8) is 0 Å². The summed E-state index contributed by atoms with van der Waals surface area (Å²) in [6.45, 7) is 2.60. The molecule has 0 radical (unpaired) electrons. The summed E-state index contributed by atoms with van der Waals surface area (Å²) in [6, 6.07) is -0.359. The monoisotopic (exact) mass is 271 g/mol. The molecule has 0 bridgehead atoms. The predicted octanol–water partition coefficient (Wildman–Crippen LogP) is 0.0172. The van der Waals surface area contributed by atoms with Crippen LogP contribution < -0.4 is 10.6 Å². The number of urea groups is 1. The van der Waals surface area contributed by atoms with Crippen molar-refractivity contribution in [3.05, 3.63) is 0 Å². The summed E-state index contributed by atoms with van der Waals surface area (Å²) in [7, 11) is 1.71. The van der Waals surface area contributed by atoms with Crippen LogP contribution in [-0.4, -0.2) is 54.1 Å². The molecule has 7 heteroatoms. The number of carbonyl (C=O) groups is 3. The fourth-order valence-electron chi connectivity index (χ4n) is 2.00. The van der Waals surface area contributed by atoms with Crippen LogP contribution >= 0.6 is 0 Å². The maximum Gasteiger partial charge on any atom is 0.315 e. The lowest BCUT2D eigenvalue weighted by Gasteiger charge is -2.30. The Labute approximate surface area is 112 Å². The summed E-state index contributed by atoms with van der Waals surface area (Å²) < 4.78 is 0. The Balaban J connectivity index is 2.24. The number of piperidine rings is 1. The van der Waals surface area contributed by atoms with Gasteiger partial charge in [0.05, 0.1) is 0 Å². The molecular formula is C12H21N3O4. The van der Waals surface area contributed by atoms with Gasteiger partial charge in [-0.25, -0.2) is 4.79 Å². The van der Waals surface area contributed by atoms with Crippen LogP contribution in [0.2, 0.25) is 0 Å². The number of aliphatic carboxylic acids is 1. The van der Waals surface area contributed by atoms with Gasteiger partial charge < -0.3 is 20.6 Å². The number of carboxylic acids is 1. The lowest BCUT2D eigenvalue weighted by atomic mass is 10.1. The molecule has 0 aromatic rings. The molecule has 0 aromatic heterocycles. The van der Waals surface area contributed by atoms with E-state index in [-0.39, 0.29) is 30.3 Å². The highest BCUT2D eigenvalue weighted by atomic mass is 16.4. The van der Waals surface area contributed by atoms with E-state index >= 15 is 0 Å². The molecule has 3 amide bonds. The first kappa shape index (κ1) is 15.3. The zero-order valence-electron chi connectivity index (χ0n) is 11.3. The zero-order chi connectivity index (χ0) is 14.4. The third-order valence-electron chi connectivity index (χ3n) is 3.10. The molecule has 1 heterocycles. The lowest BCUT2D eigenvalue weighted by Crippen LogP contribution is -2.51. The van der Waals surface area contributed by atoms with E-state index in [1.54, 1.807) is 18.9 Å². The van der Waals surface area contributed by atoms with E-state index in [0.717, 1.165) is 0 Å². The van der Waals surface area contributed by atoms with E-state index in [2.05, 4.69) is 10.6 Å². The quantitative estimate of drug-likeness (QED) is 0.656. The van der Waals surface area contributed by atoms with E-state index in [1.807, 2.05) is 0 Å². The van der Waals surface area contributed by atoms with Crippen molar-refractivity contribution < 1.29 is 19.5 Å². The molecule has 1 rings (SSSR count). The fourth-order valence-corrected chi connectivity index (χ4v) is 2.00. The Morgan fingerprint density at radius 1 is 1.53 bits per heavy atom. The zero-order valence-corrected chi connectivity index (χ0v) is 11.3. The van der Waals surface area contributed by atoms with Crippen LogP contribution in [0.15, 0.2) is 0 Å². The molecule has 2 atom stereocenters. The first-order chi connectivity index (χ1) is 8.88. The average Bonchev–Trinajstić information content (AvgIpc) is 2.30. The van der Waals surface area contributed by atoms with E-state index in [9.17, 15) is 14.4 Å². The molecule has 0 aliphatic carbocycles. The highest BCUT2D eigenvalue weighted by Crippen LogP contribution is 2.09. The second-order valence-electron chi connectivity index (χ2n) is 5.07. The minimum absolute atomic E-state index is 0.0287. The minimum Gasteiger partial charge on any atom is -0.481 e. The van der Waals surface area contributed by atoms with E-state index in [1.165, 1.54) is 0 Å². The molecule has 2 unspecified atom stereocenters. The summed E-state index contributed by atoms with van der Waals surface area (Å²) in [5.74, 6) is -0.894. The predicted molar refractivity (Wildman–Crippen MR) is 68.6 cm³/mol. The number of carbonyl (C=O) groups excluding carboxylic acids is 2. The summed E-state index contributed by atoms with van der Waals surface area (Å²) >= 11 is 0. The van der Waals surface area contributed by atoms with E-state index < -0.39 is 5.97 Å². The number of rotatable bonds is 5. The lowest BCUT2D eigenvalue weighted by molar-refractivity contribution is -0.138. The summed E-state index contributed by atoms with van der Waals surface area (Å²) in [5.41, 5.74) is 0. The van der Waals surface area contributed by atoms with Crippen molar-refractivity contribution in [1.29, 1.82) is 0 Å². The number of likely N-dealkylation sites (N-methyl/N-ethyl adjacent to an activating group) is 1. The van der Waals surface area contributed by atoms with Gasteiger partial charge in [0, 0.05) is 39.0 Å². The Bertz CT molecular complexity index is 359. The van der Waals surface area contributed by atoms with E-state index in [0.29, 0.717) is 25.9 Å². The van der Waals surface area contributed by atoms with Crippen molar-refractivity contribution in [3.8, 4) is 0 Å². The van der Waals surface area contributed by atoms with Gasteiger partial charge in [-0.1, -0.05) is 6.92 Å². The maximum absolute atomic E-state index is 11.6. The topological polar surface area (TPSA) is 98.7 Å². The van der Waals surface area contributed by atoms with Crippen molar-refractivity contribution in [2.45, 2.75) is 32.2 Å². The van der Waals surface area contributed by atoms with Crippen LogP contribution in [0.5, 0.6) is 0 Å². The third kappa shape index (κ3) is 5.58. The summed E-state index contributed by atoms with van der Waals surface area (Å²) in [6.07, 6.45) is 1.11. The minimum atomic E-state index is -0.873. The normalized spacial score (nSPS) is 20.8. The van der Waals surface area contributed by atoms with Gasteiger partial charge in [0.25, 0.3) is 0 Å². The molecule has 7 nitrogen and oxygen atoms in total. The highest BCUT2D eigenvalue weighted by molar-refractivity contribution is 5.78. The number of hydrogen-bond acceptors (Lipinski definition) is 3. The summed E-state index contributed by atoms with van der Waals surface area (Å²) in [4.78, 5) is 35.0. The van der Waals surface area contributed by atoms with Crippen molar-refractivity contribution in [2.24, 2.45) is 5.92 Å². The molecule has 108 valence electrons. The molecule has 1 aliphatic rings. The van der Waals surface area contributed by atoms with Crippen LogP contribution in [0.25, 0.3) is 0 Å². The van der Waals surface area contributed by atoms with Crippen molar-refractivity contribution in [2.75, 3.05) is 20.1 Å². The van der Waals surface area contributed by atoms with Gasteiger partial charge in [-0.15, -0.1) is 0 Å². The molecule has 3 N–H and O–H groups in total. The fraction of sp³-hybridized carbons (Fsp3) is 0.750. The van der Waals surface area contributed by atoms with Gasteiger partial charge in [-0.2, -0.15) is 0 Å². The second-order valence-corrected chi connectivity index (χ2v) is 5.07. The third-order valence-corrected chi connectivity index (χ3v) is 3.10. The largest absolute Gasteiger partial charge is 0.481 e. The Morgan fingerprint density at radius 2 is 2.21 bits per heavy atom. The Kier molecular flexibility index (Phi) is 5.59. The maximum atomic E-state index is 11.6. The highest BCUT2D eigenvalue weighted by Gasteiger charge is 2.23. The van der Waals surface area contributed by atoms with Gasteiger partial charge in [0.2, 0.25) is 5.91 Å². The number of likely N-dealkylation sites (tertiary alicyclic amines) is 1. The van der Waals surface area contributed by atoms with Crippen LogP contribution in [0.3, 0.4) is 0 Å². The van der Waals surface area contributed by atoms with Crippen LogP contribution in [0.1, 0.15) is 26.2 Å². The first-order valence-electron chi connectivity index (χ1n) is 6.38. The molecule has 1 fully saturated rings. The van der Waals surface area contributed by atoms with Crippen molar-refractivity contribution >= 4 is 17.9 Å². The molecule has 0 saturated carbocycles. The summed E-state index contributed by atoms with van der Waals surface area (Å²) in [5, 5.41) is 14.0. The number of nitrogens with one attached hydrogen (secondary N) is 2. The van der Waals surface area contributed by atoms with Crippen LogP contribution in [0.4, 0.5) is 4.79 Å². The number of amides is 3. The second kappa shape index (κ2) is 6.96. The van der Waals surface area contributed by atoms with Gasteiger partial charge in [0.15, 0.2) is 0 Å². The molecule has 19 heavy (non-hydrogen) atoms. The SMILES string of the molecule is CC(CNC(=O)NC1CCC(=O)N(C)C1)CC(=O)O. The molecule has 1 aliphatic heterocycles. The number of nitrogens with zero attached hydrogens (tertiary/aromatic N) is 1. The molecular weight excluding hydrogens is 250 g/mol. The molecule has 0 aromatic carbocycles. The first-order valence-corrected chi connectivity index (χ1v) is 6.38. The van der Waals surface area contributed by atoms with Crippen molar-refractivity contribution in [1.82, 2.24) is 15.5 Å². The smallest absolute Gasteiger partial charge is 0.315 e. The van der Waals surface area contributed by atoms with Crippen LogP contribution in [0, 0.1) is 5.92 Å². The van der Waals surface area contributed by atoms with Gasteiger partial charge in [0.1, 0.15) is 0 Å². The van der Waals surface area contributed by atoms with Crippen LogP contribution in [-0.2, 0) is 9.59 Å². The number of carboxylic acid groups (broad SMARTS) is 1. The van der Waals surface area contributed by atoms with Gasteiger partial charge >= 0.3 is 12.0 Å². The molecule has 0 spiro atoms. The number of hydrogen-bond donors (Lipinski definition) is 3. The standard InChI is InChI=1S/C12H21N3O4/c1-8(5-11(17)18)6-13-12(19)14-9-3-4-10(16)15(2)7-9/h8-9H,3-7H2,1-2H3,(H,17,18)(H2,13,14,19). The van der Waals surface area contributed by atoms with E-state index in [4.69, 9.17) is 5.11 Å². The molecule has 1 saturated heterocycles. The van der Waals surface area contributed by atoms with Gasteiger partial charge in [-0.05, 0) is 12.3 Å². The Hall–Kier alpha value is -1.79. The average molecular weight is 271 g/mol. The Morgan fingerprint density at radius 3 is 2.79 bits per heavy atom. The van der Waals surface area contributed by atoms with Gasteiger partial charge in [-0.3, -0.25) is 9.59 Å².